The van der Waals surface area contributed by atoms with Crippen LogP contribution in [0.2, 0.25) is 0 Å². The first kappa shape index (κ1) is 29.8. The summed E-state index contributed by atoms with van der Waals surface area (Å²) in [6.07, 6.45) is 13.7. The monoisotopic (exact) mass is 570 g/mol. The summed E-state index contributed by atoms with van der Waals surface area (Å²) in [4.78, 5) is 24.0. The van der Waals surface area contributed by atoms with E-state index in [9.17, 15) is 9.59 Å². The molecule has 5 rings (SSSR count). The zero-order chi connectivity index (χ0) is 28.4. The lowest BCUT2D eigenvalue weighted by Gasteiger charge is -2.30. The van der Waals surface area contributed by atoms with Gasteiger partial charge in [0.2, 0.25) is 0 Å². The number of allylic oxidation sites excluding steroid dienone is 2. The fraction of sp³-hybridized carbons (Fsp3) is 0.625. The molecule has 9 heteroatoms. The maximum Gasteiger partial charge on any atom is 0.303 e. The van der Waals surface area contributed by atoms with Gasteiger partial charge in [-0.2, -0.15) is 0 Å². The number of hydrogen-bond acceptors (Lipinski definition) is 8. The first-order valence-corrected chi connectivity index (χ1v) is 15.1. The summed E-state index contributed by atoms with van der Waals surface area (Å²) < 4.78 is 36.7. The van der Waals surface area contributed by atoms with E-state index in [1.54, 1.807) is 0 Å². The van der Waals surface area contributed by atoms with Crippen LogP contribution in [0.25, 0.3) is 0 Å². The van der Waals surface area contributed by atoms with E-state index in [-0.39, 0.29) is 42.7 Å². The standard InChI is InChI=1S/C32H42O9/c33-24-21-28(39-31-16-8-10-20-37-31)23(22(24)11-3-1-2-4-14-29(34)35)17-18-27(38-30-15-7-9-19-36-30)32-40-25-12-5-6-13-26(25)41-32/h1,3,5-6,12-13,17-18,22-23,27-28,30-32H,2,4,7-11,14-16,19-21H2,(H,34,35)/b3-1-,18-17+/t22-,23-,27-,28-,30?,31?/m1/s1. The number of carboxylic acid groups (broad SMARTS) is 1. The molecule has 1 aliphatic carbocycles. The number of carbonyl (C=O) groups excluding carboxylic acids is 1. The molecule has 1 aromatic carbocycles. The molecule has 0 aromatic heterocycles. The Balaban J connectivity index is 1.31. The number of hydrogen-bond donors (Lipinski definition) is 1. The number of benzene rings is 1. The second kappa shape index (κ2) is 15.0. The number of carbonyl (C=O) groups is 2. The van der Waals surface area contributed by atoms with Gasteiger partial charge in [-0.1, -0.05) is 36.4 Å². The Kier molecular flexibility index (Phi) is 10.9. The molecule has 41 heavy (non-hydrogen) atoms. The lowest BCUT2D eigenvalue weighted by atomic mass is 9.90. The van der Waals surface area contributed by atoms with Crippen molar-refractivity contribution in [3.05, 3.63) is 48.6 Å². The summed E-state index contributed by atoms with van der Waals surface area (Å²) >= 11 is 0. The molecule has 1 N–H and O–H groups in total. The largest absolute Gasteiger partial charge is 0.481 e. The van der Waals surface area contributed by atoms with E-state index in [0.717, 1.165) is 38.5 Å². The molecular weight excluding hydrogens is 528 g/mol. The normalized spacial score (nSPS) is 29.5. The molecule has 3 fully saturated rings. The van der Waals surface area contributed by atoms with Gasteiger partial charge < -0.3 is 33.5 Å². The Bertz CT molecular complexity index is 1030. The number of rotatable bonds is 13. The highest BCUT2D eigenvalue weighted by Crippen LogP contribution is 2.39. The van der Waals surface area contributed by atoms with E-state index >= 15 is 0 Å². The molecule has 224 valence electrons. The highest BCUT2D eigenvalue weighted by Gasteiger charge is 2.43. The maximum absolute atomic E-state index is 13.2. The number of ether oxygens (including phenoxy) is 6. The molecule has 4 aliphatic rings. The smallest absolute Gasteiger partial charge is 0.303 e. The van der Waals surface area contributed by atoms with Gasteiger partial charge in [0.1, 0.15) is 5.78 Å². The molecule has 9 nitrogen and oxygen atoms in total. The number of carboxylic acids is 1. The van der Waals surface area contributed by atoms with Crippen LogP contribution >= 0.6 is 0 Å². The van der Waals surface area contributed by atoms with Gasteiger partial charge in [0, 0.05) is 37.9 Å². The lowest BCUT2D eigenvalue weighted by Crippen LogP contribution is -2.39. The van der Waals surface area contributed by atoms with Gasteiger partial charge in [-0.15, -0.1) is 0 Å². The van der Waals surface area contributed by atoms with Crippen molar-refractivity contribution in [1.29, 1.82) is 0 Å². The molecule has 6 atom stereocenters. The van der Waals surface area contributed by atoms with Crippen molar-refractivity contribution in [1.82, 2.24) is 0 Å². The summed E-state index contributed by atoms with van der Waals surface area (Å²) in [7, 11) is 0. The third kappa shape index (κ3) is 8.41. The molecule has 3 heterocycles. The van der Waals surface area contributed by atoms with Crippen LogP contribution in [0, 0.1) is 11.8 Å². The van der Waals surface area contributed by atoms with E-state index in [2.05, 4.69) is 0 Å². The Morgan fingerprint density at radius 1 is 1.00 bits per heavy atom. The van der Waals surface area contributed by atoms with Gasteiger partial charge in [-0.05, 0) is 69.9 Å². The second-order valence-electron chi connectivity index (χ2n) is 11.2. The van der Waals surface area contributed by atoms with Crippen molar-refractivity contribution < 1.29 is 43.1 Å². The van der Waals surface area contributed by atoms with E-state index in [1.807, 2.05) is 48.6 Å². The zero-order valence-electron chi connectivity index (χ0n) is 23.6. The van der Waals surface area contributed by atoms with E-state index in [0.29, 0.717) is 50.4 Å². The Morgan fingerprint density at radius 2 is 1.71 bits per heavy atom. The second-order valence-corrected chi connectivity index (χ2v) is 11.2. The van der Waals surface area contributed by atoms with E-state index in [1.165, 1.54) is 0 Å². The third-order valence-corrected chi connectivity index (χ3v) is 8.07. The quantitative estimate of drug-likeness (QED) is 0.240. The number of ketones is 1. The summed E-state index contributed by atoms with van der Waals surface area (Å²) in [6.45, 7) is 1.32. The van der Waals surface area contributed by atoms with Crippen molar-refractivity contribution >= 4 is 11.8 Å². The molecule has 3 aliphatic heterocycles. The minimum atomic E-state index is -0.798. The van der Waals surface area contributed by atoms with Gasteiger partial charge in [-0.25, -0.2) is 0 Å². The van der Waals surface area contributed by atoms with Gasteiger partial charge in [0.05, 0.1) is 6.10 Å². The molecule has 0 radical (unpaired) electrons. The molecular formula is C32H42O9. The predicted octanol–water partition coefficient (Wildman–Crippen LogP) is 5.57. The maximum atomic E-state index is 13.2. The first-order chi connectivity index (χ1) is 20.1. The van der Waals surface area contributed by atoms with Crippen LogP contribution in [0.15, 0.2) is 48.6 Å². The summed E-state index contributed by atoms with van der Waals surface area (Å²) in [5, 5.41) is 8.88. The summed E-state index contributed by atoms with van der Waals surface area (Å²) in [6, 6.07) is 7.55. The first-order valence-electron chi connectivity index (χ1n) is 15.1. The molecule has 2 saturated heterocycles. The highest BCUT2D eigenvalue weighted by molar-refractivity contribution is 5.85. The fourth-order valence-corrected chi connectivity index (χ4v) is 5.88. The number of unbranched alkanes of at least 4 members (excludes halogenated alkanes) is 1. The Hall–Kier alpha value is -2.72. The predicted molar refractivity (Wildman–Crippen MR) is 149 cm³/mol. The number of para-hydroxylation sites is 2. The minimum Gasteiger partial charge on any atom is -0.481 e. The van der Waals surface area contributed by atoms with Crippen LogP contribution in [0.4, 0.5) is 0 Å². The highest BCUT2D eigenvalue weighted by atomic mass is 16.8. The van der Waals surface area contributed by atoms with Crippen molar-refractivity contribution in [2.45, 2.75) is 102 Å². The van der Waals surface area contributed by atoms with E-state index < -0.39 is 18.4 Å². The van der Waals surface area contributed by atoms with Crippen molar-refractivity contribution in [2.24, 2.45) is 11.8 Å². The van der Waals surface area contributed by atoms with Gasteiger partial charge >= 0.3 is 5.97 Å². The Morgan fingerprint density at radius 3 is 2.37 bits per heavy atom. The van der Waals surface area contributed by atoms with Crippen molar-refractivity contribution in [3.63, 3.8) is 0 Å². The third-order valence-electron chi connectivity index (χ3n) is 8.07. The molecule has 2 unspecified atom stereocenters. The minimum absolute atomic E-state index is 0.136. The topological polar surface area (TPSA) is 110 Å². The van der Waals surface area contributed by atoms with Crippen molar-refractivity contribution in [3.8, 4) is 11.5 Å². The SMILES string of the molecule is O=C(O)CCC/C=C\C[C@H]1C(=O)C[C@@H](OC2CCCCO2)[C@@H]1/C=C/[C@@H](OC1CCCCO1)C1Oc2ccccc2O1. The van der Waals surface area contributed by atoms with Crippen LogP contribution in [-0.2, 0) is 28.5 Å². The van der Waals surface area contributed by atoms with E-state index in [4.69, 9.17) is 33.5 Å². The van der Waals surface area contributed by atoms with Gasteiger partial charge in [0.25, 0.3) is 6.29 Å². The number of fused-ring (bicyclic) bond motifs is 1. The van der Waals surface area contributed by atoms with Crippen LogP contribution in [0.1, 0.15) is 70.6 Å². The van der Waals surface area contributed by atoms with Crippen LogP contribution < -0.4 is 9.47 Å². The van der Waals surface area contributed by atoms with Crippen LogP contribution in [0.3, 0.4) is 0 Å². The van der Waals surface area contributed by atoms with Gasteiger partial charge in [-0.3, -0.25) is 9.59 Å². The average molecular weight is 571 g/mol. The molecule has 1 saturated carbocycles. The van der Waals surface area contributed by atoms with Crippen molar-refractivity contribution in [2.75, 3.05) is 13.2 Å². The zero-order valence-corrected chi connectivity index (χ0v) is 23.6. The fourth-order valence-electron chi connectivity index (χ4n) is 5.88. The van der Waals surface area contributed by atoms with Gasteiger partial charge in [0.15, 0.2) is 30.2 Å². The molecule has 0 amide bonds. The number of aliphatic carboxylic acids is 1. The molecule has 0 bridgehead atoms. The summed E-state index contributed by atoms with van der Waals surface area (Å²) in [5.74, 6) is 0.254. The Labute approximate surface area is 241 Å². The average Bonchev–Trinajstić information content (AvgIpc) is 3.54. The summed E-state index contributed by atoms with van der Waals surface area (Å²) in [5.41, 5.74) is 0. The molecule has 0 spiro atoms. The van der Waals surface area contributed by atoms with Crippen LogP contribution in [0.5, 0.6) is 11.5 Å². The molecule has 1 aromatic rings. The van der Waals surface area contributed by atoms with Crippen LogP contribution in [-0.4, -0.2) is 61.2 Å². The lowest BCUT2D eigenvalue weighted by molar-refractivity contribution is -0.208. The number of Topliss-reactive ketones (excluding diaryl/α,β-unsaturated/α-hetero) is 1.